The lowest BCUT2D eigenvalue weighted by atomic mass is 9.86. The molecule has 0 unspecified atom stereocenters. The van der Waals surface area contributed by atoms with Gasteiger partial charge in [0.25, 0.3) is 0 Å². The summed E-state index contributed by atoms with van der Waals surface area (Å²) in [5.74, 6) is -0.0221. The Morgan fingerprint density at radius 3 is 2.58 bits per heavy atom. The summed E-state index contributed by atoms with van der Waals surface area (Å²) in [6, 6.07) is 15.9. The van der Waals surface area contributed by atoms with Crippen molar-refractivity contribution in [1.29, 1.82) is 0 Å². The normalized spacial score (nSPS) is 21.1. The summed E-state index contributed by atoms with van der Waals surface area (Å²) in [5.41, 5.74) is 4.12. The lowest BCUT2D eigenvalue weighted by Gasteiger charge is -2.17. The Bertz CT molecular complexity index is 616. The van der Waals surface area contributed by atoms with Gasteiger partial charge in [-0.25, -0.2) is 4.79 Å². The first kappa shape index (κ1) is 12.0. The van der Waals surface area contributed by atoms with Gasteiger partial charge < -0.3 is 5.11 Å². The molecular weight excluding hydrogens is 236 g/mol. The molecule has 0 saturated heterocycles. The first-order chi connectivity index (χ1) is 9.16. The Labute approximate surface area is 112 Å². The van der Waals surface area contributed by atoms with Crippen LogP contribution in [0.3, 0.4) is 0 Å². The molecule has 0 saturated carbocycles. The smallest absolute Gasteiger partial charge is 0.335 e. The highest BCUT2D eigenvalue weighted by atomic mass is 16.4. The van der Waals surface area contributed by atoms with Gasteiger partial charge in [-0.3, -0.25) is 0 Å². The van der Waals surface area contributed by atoms with E-state index >= 15 is 0 Å². The highest BCUT2D eigenvalue weighted by Crippen LogP contribution is 2.42. The number of carboxylic acids is 1. The zero-order valence-electron chi connectivity index (χ0n) is 10.8. The van der Waals surface area contributed by atoms with Crippen LogP contribution in [0.25, 0.3) is 0 Å². The minimum absolute atomic E-state index is 0.315. The average molecular weight is 252 g/mol. The maximum absolute atomic E-state index is 11.1. The van der Waals surface area contributed by atoms with E-state index in [0.29, 0.717) is 17.4 Å². The monoisotopic (exact) mass is 252 g/mol. The predicted molar refractivity (Wildman–Crippen MR) is 74.6 cm³/mol. The molecule has 3 rings (SSSR count). The molecule has 19 heavy (non-hydrogen) atoms. The molecule has 0 aliphatic heterocycles. The van der Waals surface area contributed by atoms with Crippen molar-refractivity contribution in [2.24, 2.45) is 5.92 Å². The number of carbonyl (C=O) groups is 1. The topological polar surface area (TPSA) is 37.3 Å². The molecule has 0 aromatic heterocycles. The fourth-order valence-electron chi connectivity index (χ4n) is 3.14. The Hall–Kier alpha value is -2.09. The summed E-state index contributed by atoms with van der Waals surface area (Å²) >= 11 is 0. The predicted octanol–water partition coefficient (Wildman–Crippen LogP) is 3.71. The minimum Gasteiger partial charge on any atom is -0.478 e. The second-order valence-corrected chi connectivity index (χ2v) is 5.29. The molecule has 1 aliphatic carbocycles. The number of fused-ring (bicyclic) bond motifs is 1. The van der Waals surface area contributed by atoms with Crippen LogP contribution in [-0.2, 0) is 6.42 Å². The van der Waals surface area contributed by atoms with Crippen molar-refractivity contribution in [1.82, 2.24) is 0 Å². The van der Waals surface area contributed by atoms with E-state index in [1.165, 1.54) is 16.7 Å². The van der Waals surface area contributed by atoms with Crippen molar-refractivity contribution >= 4 is 5.97 Å². The Morgan fingerprint density at radius 2 is 1.89 bits per heavy atom. The molecule has 0 spiro atoms. The second-order valence-electron chi connectivity index (χ2n) is 5.29. The van der Waals surface area contributed by atoms with E-state index < -0.39 is 5.97 Å². The van der Waals surface area contributed by atoms with E-state index in [1.54, 1.807) is 6.07 Å². The van der Waals surface area contributed by atoms with Crippen molar-refractivity contribution in [2.45, 2.75) is 19.3 Å². The molecule has 2 aromatic carbocycles. The molecule has 0 bridgehead atoms. The van der Waals surface area contributed by atoms with Crippen molar-refractivity contribution < 1.29 is 9.90 Å². The van der Waals surface area contributed by atoms with Crippen molar-refractivity contribution in [2.75, 3.05) is 0 Å². The van der Waals surface area contributed by atoms with Crippen LogP contribution in [0.15, 0.2) is 48.5 Å². The zero-order valence-corrected chi connectivity index (χ0v) is 10.8. The van der Waals surface area contributed by atoms with Crippen LogP contribution >= 0.6 is 0 Å². The van der Waals surface area contributed by atoms with E-state index in [2.05, 4.69) is 19.1 Å². The molecule has 2 aromatic rings. The minimum atomic E-state index is -0.853. The lowest BCUT2D eigenvalue weighted by molar-refractivity contribution is 0.0696. The molecule has 0 radical (unpaired) electrons. The fourth-order valence-corrected chi connectivity index (χ4v) is 3.14. The van der Waals surface area contributed by atoms with E-state index in [-0.39, 0.29) is 0 Å². The van der Waals surface area contributed by atoms with Crippen molar-refractivity contribution in [3.05, 3.63) is 70.8 Å². The quantitative estimate of drug-likeness (QED) is 0.884. The van der Waals surface area contributed by atoms with Crippen LogP contribution in [0.5, 0.6) is 0 Å². The third-order valence-corrected chi connectivity index (χ3v) is 4.00. The summed E-state index contributed by atoms with van der Waals surface area (Å²) in [6.07, 6.45) is 1.02. The zero-order chi connectivity index (χ0) is 13.4. The fraction of sp³-hybridized carbons (Fsp3) is 0.235. The van der Waals surface area contributed by atoms with Gasteiger partial charge in [0.2, 0.25) is 0 Å². The van der Waals surface area contributed by atoms with Crippen LogP contribution < -0.4 is 0 Å². The second kappa shape index (κ2) is 4.54. The first-order valence-electron chi connectivity index (χ1n) is 6.58. The maximum atomic E-state index is 11.1. The number of aromatic carboxylic acids is 1. The molecule has 2 nitrogen and oxygen atoms in total. The summed E-state index contributed by atoms with van der Waals surface area (Å²) in [5, 5.41) is 9.14. The summed E-state index contributed by atoms with van der Waals surface area (Å²) in [6.45, 7) is 2.23. The molecule has 0 fully saturated rings. The SMILES string of the molecule is C[C@H]1Cc2ccc(C(=O)O)cc2[C@@H]1c1ccccc1. The average Bonchev–Trinajstić information content (AvgIpc) is 2.74. The van der Waals surface area contributed by atoms with Gasteiger partial charge in [0, 0.05) is 5.92 Å². The maximum Gasteiger partial charge on any atom is 0.335 e. The largest absolute Gasteiger partial charge is 0.478 e. The van der Waals surface area contributed by atoms with Gasteiger partial charge in [0.05, 0.1) is 5.56 Å². The summed E-state index contributed by atoms with van der Waals surface area (Å²) in [4.78, 5) is 11.1. The van der Waals surface area contributed by atoms with Gasteiger partial charge in [-0.1, -0.05) is 43.3 Å². The van der Waals surface area contributed by atoms with Gasteiger partial charge in [0.15, 0.2) is 0 Å². The Morgan fingerprint density at radius 1 is 1.16 bits per heavy atom. The molecule has 96 valence electrons. The van der Waals surface area contributed by atoms with Crippen LogP contribution in [0.1, 0.15) is 39.9 Å². The van der Waals surface area contributed by atoms with Crippen molar-refractivity contribution in [3.8, 4) is 0 Å². The highest BCUT2D eigenvalue weighted by molar-refractivity contribution is 5.88. The molecule has 1 N–H and O–H groups in total. The Kier molecular flexibility index (Phi) is 2.86. The van der Waals surface area contributed by atoms with Crippen LogP contribution in [0.2, 0.25) is 0 Å². The van der Waals surface area contributed by atoms with E-state index in [4.69, 9.17) is 5.11 Å². The van der Waals surface area contributed by atoms with Crippen LogP contribution in [-0.4, -0.2) is 11.1 Å². The lowest BCUT2D eigenvalue weighted by Crippen LogP contribution is -2.06. The standard InChI is InChI=1S/C17H16O2/c1-11-9-13-7-8-14(17(18)19)10-15(13)16(11)12-5-3-2-4-6-12/h2-8,10-11,16H,9H2,1H3,(H,18,19)/t11-,16-/m0/s1. The van der Waals surface area contributed by atoms with Gasteiger partial charge >= 0.3 is 5.97 Å². The Balaban J connectivity index is 2.10. The van der Waals surface area contributed by atoms with Crippen LogP contribution in [0, 0.1) is 5.92 Å². The number of hydrogen-bond donors (Lipinski definition) is 1. The van der Waals surface area contributed by atoms with Crippen molar-refractivity contribution in [3.63, 3.8) is 0 Å². The molecule has 0 amide bonds. The summed E-state index contributed by atoms with van der Waals surface area (Å²) in [7, 11) is 0. The van der Waals surface area contributed by atoms with Gasteiger partial charge in [-0.05, 0) is 41.2 Å². The molecule has 1 aliphatic rings. The third-order valence-electron chi connectivity index (χ3n) is 4.00. The number of carboxylic acid groups (broad SMARTS) is 1. The van der Waals surface area contributed by atoms with Gasteiger partial charge in [-0.2, -0.15) is 0 Å². The number of rotatable bonds is 2. The first-order valence-corrected chi connectivity index (χ1v) is 6.58. The third kappa shape index (κ3) is 2.03. The van der Waals surface area contributed by atoms with Gasteiger partial charge in [0.1, 0.15) is 0 Å². The highest BCUT2D eigenvalue weighted by Gasteiger charge is 2.31. The summed E-state index contributed by atoms with van der Waals surface area (Å²) < 4.78 is 0. The van der Waals surface area contributed by atoms with E-state index in [1.807, 2.05) is 30.3 Å². The van der Waals surface area contributed by atoms with Gasteiger partial charge in [-0.15, -0.1) is 0 Å². The molecule has 2 atom stereocenters. The molecule has 0 heterocycles. The van der Waals surface area contributed by atoms with Crippen LogP contribution in [0.4, 0.5) is 0 Å². The van der Waals surface area contributed by atoms with E-state index in [9.17, 15) is 4.79 Å². The number of hydrogen-bond acceptors (Lipinski definition) is 1. The molecule has 2 heteroatoms. The number of benzene rings is 2. The van der Waals surface area contributed by atoms with E-state index in [0.717, 1.165) is 6.42 Å². The molecular formula is C17H16O2.